The van der Waals surface area contributed by atoms with Crippen LogP contribution in [0.15, 0.2) is 52.9 Å². The maximum Gasteiger partial charge on any atom is 0.499 e. The first kappa shape index (κ1) is 21.4. The van der Waals surface area contributed by atoms with Crippen LogP contribution in [0.5, 0.6) is 5.75 Å². The number of alkyl halides is 1. The molecular formula is C23H28BFO4. The third-order valence-corrected chi connectivity index (χ3v) is 5.62. The summed E-state index contributed by atoms with van der Waals surface area (Å²) in [6.07, 6.45) is 0. The molecule has 2 heterocycles. The van der Waals surface area contributed by atoms with Gasteiger partial charge in [-0.25, -0.2) is 0 Å². The van der Waals surface area contributed by atoms with Crippen LogP contribution < -0.4 is 10.2 Å². The van der Waals surface area contributed by atoms with Gasteiger partial charge in [0.05, 0.1) is 18.4 Å². The van der Waals surface area contributed by atoms with E-state index in [-0.39, 0.29) is 0 Å². The Kier molecular flexibility index (Phi) is 6.06. The van der Waals surface area contributed by atoms with Crippen LogP contribution in [-0.2, 0) is 15.9 Å². The van der Waals surface area contributed by atoms with Crippen molar-refractivity contribution in [1.82, 2.24) is 0 Å². The second-order valence-corrected chi connectivity index (χ2v) is 8.09. The van der Waals surface area contributed by atoms with E-state index in [0.29, 0.717) is 13.8 Å². The first-order chi connectivity index (χ1) is 13.8. The summed E-state index contributed by atoms with van der Waals surface area (Å²) in [6, 6.07) is 16.0. The predicted molar refractivity (Wildman–Crippen MR) is 114 cm³/mol. The quantitative estimate of drug-likeness (QED) is 0.566. The molecule has 6 heteroatoms. The molecule has 0 bridgehead atoms. The molecule has 2 aromatic carbocycles. The molecule has 4 rings (SSSR count). The fourth-order valence-corrected chi connectivity index (χ4v) is 3.30. The second-order valence-electron chi connectivity index (χ2n) is 8.09. The molecule has 1 aliphatic heterocycles. The first-order valence-electron chi connectivity index (χ1n) is 9.70. The Balaban J connectivity index is 0.00000117. The lowest BCUT2D eigenvalue weighted by Gasteiger charge is -2.32. The summed E-state index contributed by atoms with van der Waals surface area (Å²) < 4.78 is 33.9. The van der Waals surface area contributed by atoms with Gasteiger partial charge in [0.2, 0.25) is 0 Å². The normalized spacial score (nSPS) is 17.1. The summed E-state index contributed by atoms with van der Waals surface area (Å²) in [6.45, 7) is 10.7. The molecule has 154 valence electrons. The molecule has 0 radical (unpaired) electrons. The maximum absolute atomic E-state index is 9.50. The van der Waals surface area contributed by atoms with Gasteiger partial charge in [0.25, 0.3) is 0 Å². The van der Waals surface area contributed by atoms with Crippen molar-refractivity contribution in [2.24, 2.45) is 0 Å². The van der Waals surface area contributed by atoms with Gasteiger partial charge in [-0.05, 0) is 58.4 Å². The first-order valence-corrected chi connectivity index (χ1v) is 9.70. The van der Waals surface area contributed by atoms with Crippen LogP contribution in [0.1, 0.15) is 39.0 Å². The van der Waals surface area contributed by atoms with E-state index in [1.165, 1.54) is 0 Å². The van der Waals surface area contributed by atoms with E-state index in [1.54, 1.807) is 0 Å². The number of furan rings is 1. The standard InChI is InChI=1S/C22H25BO4.CH3F/c1-15-20(23-26-21(2,3)22(4,5)27-23)18-13-17(11-12-19(18)25-15)24-14-16-9-7-6-8-10-16;1-2/h6-13H,14H2,1-5H3;1H3. The summed E-state index contributed by atoms with van der Waals surface area (Å²) in [7, 11) is 0.0422. The van der Waals surface area contributed by atoms with E-state index < -0.39 is 18.3 Å². The number of rotatable bonds is 4. The largest absolute Gasteiger partial charge is 0.499 e. The lowest BCUT2D eigenvalue weighted by atomic mass is 9.77. The van der Waals surface area contributed by atoms with Crippen LogP contribution in [0.3, 0.4) is 0 Å². The molecule has 1 fully saturated rings. The molecule has 0 spiro atoms. The number of ether oxygens (including phenoxy) is 1. The molecule has 0 N–H and O–H groups in total. The van der Waals surface area contributed by atoms with Crippen LogP contribution >= 0.6 is 0 Å². The van der Waals surface area contributed by atoms with Crippen molar-refractivity contribution in [3.8, 4) is 5.75 Å². The molecule has 0 aliphatic carbocycles. The molecule has 0 atom stereocenters. The van der Waals surface area contributed by atoms with Gasteiger partial charge in [-0.15, -0.1) is 0 Å². The van der Waals surface area contributed by atoms with E-state index in [9.17, 15) is 4.39 Å². The van der Waals surface area contributed by atoms with Crippen LogP contribution in [0.4, 0.5) is 4.39 Å². The van der Waals surface area contributed by atoms with Gasteiger partial charge in [0, 0.05) is 10.8 Å². The highest BCUT2D eigenvalue weighted by Gasteiger charge is 2.53. The fourth-order valence-electron chi connectivity index (χ4n) is 3.30. The predicted octanol–water partition coefficient (Wildman–Crippen LogP) is 5.21. The second kappa shape index (κ2) is 8.21. The van der Waals surface area contributed by atoms with Gasteiger partial charge in [0.1, 0.15) is 23.7 Å². The molecule has 0 amide bonds. The Morgan fingerprint density at radius 3 is 2.17 bits per heavy atom. The molecule has 1 aromatic heterocycles. The minimum absolute atomic E-state index is 0.394. The van der Waals surface area contributed by atoms with Crippen molar-refractivity contribution in [3.05, 3.63) is 59.9 Å². The summed E-state index contributed by atoms with van der Waals surface area (Å²) in [4.78, 5) is 0. The average Bonchev–Trinajstić information content (AvgIpc) is 3.13. The molecule has 0 saturated carbocycles. The third-order valence-electron chi connectivity index (χ3n) is 5.62. The topological polar surface area (TPSA) is 40.8 Å². The van der Waals surface area contributed by atoms with Crippen molar-refractivity contribution in [3.63, 3.8) is 0 Å². The number of halogens is 1. The maximum atomic E-state index is 9.50. The van der Waals surface area contributed by atoms with Crippen LogP contribution in [0.2, 0.25) is 0 Å². The van der Waals surface area contributed by atoms with E-state index in [4.69, 9.17) is 18.5 Å². The number of hydrogen-bond acceptors (Lipinski definition) is 4. The van der Waals surface area contributed by atoms with Crippen molar-refractivity contribution >= 4 is 23.6 Å². The lowest BCUT2D eigenvalue weighted by molar-refractivity contribution is 0.00578. The molecule has 0 unspecified atom stereocenters. The van der Waals surface area contributed by atoms with Gasteiger partial charge in [-0.3, -0.25) is 4.39 Å². The van der Waals surface area contributed by atoms with Gasteiger partial charge in [0.15, 0.2) is 0 Å². The smallest absolute Gasteiger partial charge is 0.489 e. The van der Waals surface area contributed by atoms with Crippen LogP contribution in [-0.4, -0.2) is 25.5 Å². The molecule has 1 saturated heterocycles. The molecule has 29 heavy (non-hydrogen) atoms. The van der Waals surface area contributed by atoms with Crippen molar-refractivity contribution < 1.29 is 22.9 Å². The summed E-state index contributed by atoms with van der Waals surface area (Å²) >= 11 is 0. The Morgan fingerprint density at radius 2 is 1.55 bits per heavy atom. The third kappa shape index (κ3) is 4.19. The van der Waals surface area contributed by atoms with E-state index in [1.807, 2.05) is 43.3 Å². The van der Waals surface area contributed by atoms with E-state index >= 15 is 0 Å². The zero-order valence-electron chi connectivity index (χ0n) is 17.9. The summed E-state index contributed by atoms with van der Waals surface area (Å²) in [5.74, 6) is 1.61. The molecule has 1 aliphatic rings. The van der Waals surface area contributed by atoms with Gasteiger partial charge in [-0.2, -0.15) is 0 Å². The Bertz CT molecular complexity index is 950. The number of aryl methyl sites for hydroxylation is 1. The van der Waals surface area contributed by atoms with E-state index in [0.717, 1.165) is 33.5 Å². The van der Waals surface area contributed by atoms with E-state index in [2.05, 4.69) is 39.8 Å². The highest BCUT2D eigenvalue weighted by Crippen LogP contribution is 2.38. The minimum Gasteiger partial charge on any atom is -0.489 e. The van der Waals surface area contributed by atoms with Gasteiger partial charge in [-0.1, -0.05) is 30.3 Å². The summed E-state index contributed by atoms with van der Waals surface area (Å²) in [5, 5.41) is 0.969. The highest BCUT2D eigenvalue weighted by molar-refractivity contribution is 6.65. The zero-order chi connectivity index (χ0) is 21.2. The Hall–Kier alpha value is -2.31. The monoisotopic (exact) mass is 398 g/mol. The van der Waals surface area contributed by atoms with Crippen LogP contribution in [0.25, 0.3) is 11.0 Å². The van der Waals surface area contributed by atoms with Gasteiger partial charge < -0.3 is 18.5 Å². The fraction of sp³-hybridized carbons (Fsp3) is 0.391. The highest BCUT2D eigenvalue weighted by atomic mass is 19.1. The Morgan fingerprint density at radius 1 is 0.931 bits per heavy atom. The average molecular weight is 398 g/mol. The van der Waals surface area contributed by atoms with Crippen molar-refractivity contribution in [1.29, 1.82) is 0 Å². The number of hydrogen-bond donors (Lipinski definition) is 0. The van der Waals surface area contributed by atoms with Gasteiger partial charge >= 0.3 is 7.12 Å². The molecule has 3 aromatic rings. The number of fused-ring (bicyclic) bond motifs is 1. The minimum atomic E-state index is -0.458. The summed E-state index contributed by atoms with van der Waals surface area (Å²) in [5.41, 5.74) is 2.09. The number of benzene rings is 2. The Labute approximate surface area is 172 Å². The van der Waals surface area contributed by atoms with Crippen molar-refractivity contribution in [2.75, 3.05) is 7.18 Å². The SMILES string of the molecule is CF.Cc1oc2ccc(OCc3ccccc3)cc2c1B1OC(C)(C)C(C)(C)O1. The molecule has 4 nitrogen and oxygen atoms in total. The van der Waals surface area contributed by atoms with Crippen LogP contribution in [0, 0.1) is 6.92 Å². The lowest BCUT2D eigenvalue weighted by Crippen LogP contribution is -2.41. The van der Waals surface area contributed by atoms with Crippen molar-refractivity contribution in [2.45, 2.75) is 52.4 Å². The molecular weight excluding hydrogens is 370 g/mol. The zero-order valence-corrected chi connectivity index (χ0v) is 17.9.